The summed E-state index contributed by atoms with van der Waals surface area (Å²) in [5.74, 6) is -0.456. The molecule has 0 bridgehead atoms. The van der Waals surface area contributed by atoms with Crippen molar-refractivity contribution in [1.82, 2.24) is 10.2 Å². The second kappa shape index (κ2) is 9.47. The van der Waals surface area contributed by atoms with Gasteiger partial charge in [-0.2, -0.15) is 0 Å². The molecule has 0 radical (unpaired) electrons. The Bertz CT molecular complexity index is 1020. The van der Waals surface area contributed by atoms with Crippen molar-refractivity contribution < 1.29 is 23.1 Å². The van der Waals surface area contributed by atoms with E-state index in [9.17, 15) is 14.0 Å². The van der Waals surface area contributed by atoms with Crippen LogP contribution >= 0.6 is 0 Å². The van der Waals surface area contributed by atoms with Crippen molar-refractivity contribution in [2.45, 2.75) is 19.0 Å². The van der Waals surface area contributed by atoms with Gasteiger partial charge in [0.1, 0.15) is 12.4 Å². The molecule has 2 atom stereocenters. The van der Waals surface area contributed by atoms with Crippen LogP contribution in [-0.4, -0.2) is 29.9 Å². The van der Waals surface area contributed by atoms with Crippen molar-refractivity contribution in [3.8, 4) is 5.75 Å². The van der Waals surface area contributed by atoms with Gasteiger partial charge in [-0.05, 0) is 29.8 Å². The van der Waals surface area contributed by atoms with Crippen LogP contribution in [0.1, 0.15) is 23.8 Å². The van der Waals surface area contributed by atoms with E-state index < -0.39 is 17.8 Å². The molecule has 1 N–H and O–H groups in total. The fraction of sp³-hybridized carbons (Fsp3) is 0.250. The number of hydrogen-bond donors (Lipinski definition) is 1. The SMILES string of the molecule is O=C(NC(COc1ccccc1F)c1ccccc1)C1CC(=O)N(Cc2ccco2)C1. The number of para-hydroxylation sites is 1. The summed E-state index contributed by atoms with van der Waals surface area (Å²) >= 11 is 0. The summed E-state index contributed by atoms with van der Waals surface area (Å²) in [5, 5.41) is 2.98. The topological polar surface area (TPSA) is 71.8 Å². The van der Waals surface area contributed by atoms with Crippen LogP contribution in [0.2, 0.25) is 0 Å². The summed E-state index contributed by atoms with van der Waals surface area (Å²) in [6.45, 7) is 0.725. The number of hydrogen-bond acceptors (Lipinski definition) is 4. The van der Waals surface area contributed by atoms with E-state index in [2.05, 4.69) is 5.32 Å². The van der Waals surface area contributed by atoms with Crippen molar-refractivity contribution in [3.05, 3.63) is 90.1 Å². The average Bonchev–Trinajstić information content (AvgIpc) is 3.43. The Labute approximate surface area is 179 Å². The molecule has 1 aliphatic heterocycles. The molecule has 6 nitrogen and oxygen atoms in total. The van der Waals surface area contributed by atoms with Crippen LogP contribution in [-0.2, 0) is 16.1 Å². The Hall–Kier alpha value is -3.61. The minimum absolute atomic E-state index is 0.0630. The van der Waals surface area contributed by atoms with Crippen molar-refractivity contribution in [3.63, 3.8) is 0 Å². The van der Waals surface area contributed by atoms with Crippen LogP contribution in [0.15, 0.2) is 77.4 Å². The molecule has 1 fully saturated rings. The molecule has 3 aromatic rings. The fourth-order valence-electron chi connectivity index (χ4n) is 3.62. The Kier molecular flexibility index (Phi) is 6.31. The van der Waals surface area contributed by atoms with E-state index in [0.717, 1.165) is 5.56 Å². The molecular weight excluding hydrogens is 399 g/mol. The molecule has 160 valence electrons. The molecule has 2 heterocycles. The van der Waals surface area contributed by atoms with E-state index in [1.54, 1.807) is 41.5 Å². The zero-order valence-electron chi connectivity index (χ0n) is 16.9. The maximum atomic E-state index is 13.9. The van der Waals surface area contributed by atoms with Gasteiger partial charge in [0.25, 0.3) is 0 Å². The molecule has 2 unspecified atom stereocenters. The van der Waals surface area contributed by atoms with E-state index in [0.29, 0.717) is 18.8 Å². The number of likely N-dealkylation sites (tertiary alicyclic amines) is 1. The fourth-order valence-corrected chi connectivity index (χ4v) is 3.62. The molecule has 31 heavy (non-hydrogen) atoms. The van der Waals surface area contributed by atoms with E-state index in [1.165, 1.54) is 6.07 Å². The van der Waals surface area contributed by atoms with E-state index >= 15 is 0 Å². The third-order valence-corrected chi connectivity index (χ3v) is 5.27. The first-order valence-corrected chi connectivity index (χ1v) is 10.1. The van der Waals surface area contributed by atoms with Crippen molar-refractivity contribution in [2.75, 3.05) is 13.2 Å². The summed E-state index contributed by atoms with van der Waals surface area (Å²) in [5.41, 5.74) is 0.837. The van der Waals surface area contributed by atoms with Crippen molar-refractivity contribution >= 4 is 11.8 Å². The smallest absolute Gasteiger partial charge is 0.226 e. The lowest BCUT2D eigenvalue weighted by Gasteiger charge is -2.22. The van der Waals surface area contributed by atoms with Crippen molar-refractivity contribution in [2.24, 2.45) is 5.92 Å². The standard InChI is InChI=1S/C24H23FN2O4/c25-20-10-4-5-11-22(20)31-16-21(17-7-2-1-3-8-17)26-24(29)18-13-23(28)27(14-18)15-19-9-6-12-30-19/h1-12,18,21H,13-16H2,(H,26,29). The number of rotatable bonds is 8. The number of ether oxygens (including phenoxy) is 1. The number of amides is 2. The number of nitrogens with one attached hydrogen (secondary N) is 1. The molecule has 0 aliphatic carbocycles. The number of furan rings is 1. The third kappa shape index (κ3) is 5.12. The summed E-state index contributed by atoms with van der Waals surface area (Å²) in [7, 11) is 0. The molecule has 2 aromatic carbocycles. The Morgan fingerprint density at radius 2 is 1.90 bits per heavy atom. The van der Waals surface area contributed by atoms with Gasteiger partial charge in [0.2, 0.25) is 11.8 Å². The quantitative estimate of drug-likeness (QED) is 0.601. The molecule has 1 aliphatic rings. The minimum Gasteiger partial charge on any atom is -0.488 e. The molecule has 0 saturated carbocycles. The van der Waals surface area contributed by atoms with Gasteiger partial charge in [0, 0.05) is 13.0 Å². The molecule has 4 rings (SSSR count). The lowest BCUT2D eigenvalue weighted by molar-refractivity contribution is -0.129. The van der Waals surface area contributed by atoms with Gasteiger partial charge in [-0.15, -0.1) is 0 Å². The normalized spacial score (nSPS) is 16.9. The van der Waals surface area contributed by atoms with Crippen LogP contribution < -0.4 is 10.1 Å². The number of carbonyl (C=O) groups excluding carboxylic acids is 2. The number of benzene rings is 2. The Balaban J connectivity index is 1.42. The first-order valence-electron chi connectivity index (χ1n) is 10.1. The monoisotopic (exact) mass is 422 g/mol. The second-order valence-corrected chi connectivity index (χ2v) is 7.47. The maximum Gasteiger partial charge on any atom is 0.226 e. The highest BCUT2D eigenvalue weighted by atomic mass is 19.1. The largest absolute Gasteiger partial charge is 0.488 e. The van der Waals surface area contributed by atoms with Crippen LogP contribution in [0.5, 0.6) is 5.75 Å². The second-order valence-electron chi connectivity index (χ2n) is 7.47. The molecular formula is C24H23FN2O4. The van der Waals surface area contributed by atoms with Gasteiger partial charge in [0.05, 0.1) is 24.8 Å². The van der Waals surface area contributed by atoms with Crippen molar-refractivity contribution in [1.29, 1.82) is 0 Å². The zero-order valence-corrected chi connectivity index (χ0v) is 16.9. The number of carbonyl (C=O) groups is 2. The molecule has 0 spiro atoms. The van der Waals surface area contributed by atoms with Crippen LogP contribution in [0.4, 0.5) is 4.39 Å². The first-order chi connectivity index (χ1) is 15.1. The predicted octanol–water partition coefficient (Wildman–Crippen LogP) is 3.70. The first kappa shape index (κ1) is 20.7. The average molecular weight is 422 g/mol. The van der Waals surface area contributed by atoms with Gasteiger partial charge in [0.15, 0.2) is 11.6 Å². The Morgan fingerprint density at radius 1 is 1.13 bits per heavy atom. The molecule has 1 saturated heterocycles. The lowest BCUT2D eigenvalue weighted by Crippen LogP contribution is -2.37. The maximum absolute atomic E-state index is 13.9. The molecule has 7 heteroatoms. The summed E-state index contributed by atoms with van der Waals surface area (Å²) in [6, 6.07) is 18.6. The van der Waals surface area contributed by atoms with Crippen LogP contribution in [0.3, 0.4) is 0 Å². The highest BCUT2D eigenvalue weighted by Crippen LogP contribution is 2.23. The number of nitrogens with zero attached hydrogens (tertiary/aromatic N) is 1. The van der Waals surface area contributed by atoms with E-state index in [1.807, 2.05) is 30.3 Å². The molecule has 1 aromatic heterocycles. The van der Waals surface area contributed by atoms with Gasteiger partial charge >= 0.3 is 0 Å². The Morgan fingerprint density at radius 3 is 2.65 bits per heavy atom. The van der Waals surface area contributed by atoms with Gasteiger partial charge in [-0.1, -0.05) is 42.5 Å². The predicted molar refractivity (Wildman–Crippen MR) is 111 cm³/mol. The number of halogens is 1. The van der Waals surface area contributed by atoms with E-state index in [-0.39, 0.29) is 30.6 Å². The lowest BCUT2D eigenvalue weighted by atomic mass is 10.0. The van der Waals surface area contributed by atoms with Crippen LogP contribution in [0, 0.1) is 11.7 Å². The van der Waals surface area contributed by atoms with Crippen LogP contribution in [0.25, 0.3) is 0 Å². The van der Waals surface area contributed by atoms with Gasteiger partial charge in [-0.3, -0.25) is 9.59 Å². The summed E-state index contributed by atoms with van der Waals surface area (Å²) in [6.07, 6.45) is 1.70. The van der Waals surface area contributed by atoms with Gasteiger partial charge < -0.3 is 19.4 Å². The highest BCUT2D eigenvalue weighted by molar-refractivity contribution is 5.89. The van der Waals surface area contributed by atoms with Gasteiger partial charge in [-0.25, -0.2) is 4.39 Å². The summed E-state index contributed by atoms with van der Waals surface area (Å²) < 4.78 is 24.9. The minimum atomic E-state index is -0.484. The molecule has 2 amide bonds. The zero-order chi connectivity index (χ0) is 21.6. The third-order valence-electron chi connectivity index (χ3n) is 5.27. The van der Waals surface area contributed by atoms with E-state index in [4.69, 9.17) is 9.15 Å². The highest BCUT2D eigenvalue weighted by Gasteiger charge is 2.35. The summed E-state index contributed by atoms with van der Waals surface area (Å²) in [4.78, 5) is 26.9.